The van der Waals surface area contributed by atoms with E-state index in [0.29, 0.717) is 11.8 Å². The lowest BCUT2D eigenvalue weighted by molar-refractivity contribution is -0.152. The second-order valence-electron chi connectivity index (χ2n) is 9.49. The molecule has 0 aliphatic heterocycles. The number of unbranched alkanes of at least 4 members (excludes halogenated alkanes) is 6. The highest BCUT2D eigenvalue weighted by molar-refractivity contribution is 5.74. The molecule has 0 rings (SSSR count). The van der Waals surface area contributed by atoms with Crippen molar-refractivity contribution in [3.05, 3.63) is 0 Å². The lowest BCUT2D eigenvalue weighted by atomic mass is 9.67. The Hall–Kier alpha value is -1.06. The van der Waals surface area contributed by atoms with Gasteiger partial charge < -0.3 is 10.2 Å². The molecule has 2 N–H and O–H groups in total. The maximum Gasteiger partial charge on any atom is 0.309 e. The molecule has 0 aliphatic rings. The fourth-order valence-corrected chi connectivity index (χ4v) is 4.83. The van der Waals surface area contributed by atoms with Crippen LogP contribution in [-0.4, -0.2) is 22.2 Å². The van der Waals surface area contributed by atoms with Gasteiger partial charge in [0.05, 0.1) is 5.41 Å². The Morgan fingerprint density at radius 3 is 1.57 bits per heavy atom. The molecule has 0 aliphatic carbocycles. The molecule has 0 aromatic rings. The number of carboxylic acid groups (broad SMARTS) is 2. The summed E-state index contributed by atoms with van der Waals surface area (Å²) in [6.07, 6.45) is 16.4. The molecule has 0 aromatic heterocycles. The fourth-order valence-electron chi connectivity index (χ4n) is 4.83. The predicted octanol–water partition coefficient (Wildman–Crippen LogP) is 8.09. The average Bonchev–Trinajstić information content (AvgIpc) is 2.72. The molecule has 0 saturated heterocycles. The summed E-state index contributed by atoms with van der Waals surface area (Å²) in [5.41, 5.74) is -0.593. The van der Waals surface area contributed by atoms with E-state index in [1.807, 2.05) is 0 Å². The number of aliphatic carboxylic acids is 2. The highest BCUT2D eigenvalue weighted by Crippen LogP contribution is 2.43. The molecule has 0 spiro atoms. The lowest BCUT2D eigenvalue weighted by Gasteiger charge is -2.36. The van der Waals surface area contributed by atoms with Gasteiger partial charge in [0.1, 0.15) is 0 Å². The van der Waals surface area contributed by atoms with Gasteiger partial charge in [0.2, 0.25) is 0 Å². The smallest absolute Gasteiger partial charge is 0.309 e. The average molecular weight is 427 g/mol. The molecule has 0 fully saturated rings. The van der Waals surface area contributed by atoms with Gasteiger partial charge in [-0.1, -0.05) is 105 Å². The Balaban J connectivity index is 5.11. The van der Waals surface area contributed by atoms with Crippen molar-refractivity contribution in [1.29, 1.82) is 0 Å². The van der Waals surface area contributed by atoms with Gasteiger partial charge in [0.15, 0.2) is 0 Å². The highest BCUT2D eigenvalue weighted by Gasteiger charge is 2.40. The van der Waals surface area contributed by atoms with E-state index in [1.165, 1.54) is 25.7 Å². The van der Waals surface area contributed by atoms with Crippen LogP contribution < -0.4 is 0 Å². The zero-order valence-corrected chi connectivity index (χ0v) is 20.4. The number of hydrogen-bond donors (Lipinski definition) is 2. The minimum absolute atomic E-state index is 0.240. The summed E-state index contributed by atoms with van der Waals surface area (Å²) in [7, 11) is 0. The largest absolute Gasteiger partial charge is 0.481 e. The van der Waals surface area contributed by atoms with E-state index >= 15 is 0 Å². The summed E-state index contributed by atoms with van der Waals surface area (Å²) in [4.78, 5) is 23.3. The van der Waals surface area contributed by atoms with Crippen LogP contribution in [0.25, 0.3) is 0 Å². The van der Waals surface area contributed by atoms with Crippen molar-refractivity contribution in [1.82, 2.24) is 0 Å². The van der Waals surface area contributed by atoms with Gasteiger partial charge in [-0.05, 0) is 37.5 Å². The fraction of sp³-hybridized carbons (Fsp3) is 0.923. The van der Waals surface area contributed by atoms with Crippen molar-refractivity contribution in [2.24, 2.45) is 17.3 Å². The molecule has 0 saturated carbocycles. The van der Waals surface area contributed by atoms with Crippen LogP contribution in [0.3, 0.4) is 0 Å². The first-order chi connectivity index (χ1) is 14.3. The molecule has 4 nitrogen and oxygen atoms in total. The van der Waals surface area contributed by atoms with Crippen LogP contribution in [0, 0.1) is 17.3 Å². The Kier molecular flexibility index (Phi) is 17.0. The quantitative estimate of drug-likeness (QED) is 0.182. The molecule has 4 heteroatoms. The monoisotopic (exact) mass is 426 g/mol. The predicted molar refractivity (Wildman–Crippen MR) is 126 cm³/mol. The van der Waals surface area contributed by atoms with E-state index in [0.717, 1.165) is 77.0 Å². The van der Waals surface area contributed by atoms with Crippen molar-refractivity contribution >= 4 is 11.9 Å². The zero-order chi connectivity index (χ0) is 22.8. The first kappa shape index (κ1) is 28.9. The Labute approximate surface area is 186 Å². The minimum Gasteiger partial charge on any atom is -0.481 e. The molecule has 0 amide bonds. The number of carboxylic acids is 2. The van der Waals surface area contributed by atoms with Gasteiger partial charge in [0, 0.05) is 6.42 Å². The first-order valence-electron chi connectivity index (χ1n) is 12.8. The summed E-state index contributed by atoms with van der Waals surface area (Å²) < 4.78 is 0. The van der Waals surface area contributed by atoms with Crippen molar-refractivity contribution in [3.8, 4) is 0 Å². The zero-order valence-electron chi connectivity index (χ0n) is 20.4. The third-order valence-corrected chi connectivity index (χ3v) is 6.95. The van der Waals surface area contributed by atoms with Crippen LogP contribution >= 0.6 is 0 Å². The van der Waals surface area contributed by atoms with E-state index < -0.39 is 17.4 Å². The second-order valence-corrected chi connectivity index (χ2v) is 9.49. The summed E-state index contributed by atoms with van der Waals surface area (Å²) in [5.74, 6) is -0.311. The van der Waals surface area contributed by atoms with Crippen molar-refractivity contribution < 1.29 is 19.8 Å². The molecule has 2 unspecified atom stereocenters. The molecule has 0 radical (unpaired) electrons. The van der Waals surface area contributed by atoms with E-state index in [1.54, 1.807) is 0 Å². The molecular formula is C26H50O4. The third kappa shape index (κ3) is 12.6. The summed E-state index contributed by atoms with van der Waals surface area (Å²) in [5, 5.41) is 19.2. The molecule has 0 bridgehead atoms. The van der Waals surface area contributed by atoms with Gasteiger partial charge in [-0.15, -0.1) is 0 Å². The van der Waals surface area contributed by atoms with Crippen molar-refractivity contribution in [3.63, 3.8) is 0 Å². The number of hydrogen-bond acceptors (Lipinski definition) is 2. The molecular weight excluding hydrogens is 376 g/mol. The molecule has 178 valence electrons. The van der Waals surface area contributed by atoms with Crippen LogP contribution in [0.5, 0.6) is 0 Å². The standard InChI is InChI=1S/C26H50O4/c1-5-9-16-22(7-3)20-26(25(29)30,21-23(8-4)17-10-6-2)19-15-13-11-12-14-18-24(27)28/h22-23H,5-21H2,1-4H3,(H,27,28)(H,29,30). The maximum absolute atomic E-state index is 12.6. The van der Waals surface area contributed by atoms with Gasteiger partial charge in [-0.2, -0.15) is 0 Å². The molecule has 30 heavy (non-hydrogen) atoms. The summed E-state index contributed by atoms with van der Waals surface area (Å²) in [6.45, 7) is 8.84. The van der Waals surface area contributed by atoms with Crippen LogP contribution in [-0.2, 0) is 9.59 Å². The Morgan fingerprint density at radius 2 is 1.17 bits per heavy atom. The van der Waals surface area contributed by atoms with Gasteiger partial charge in [-0.3, -0.25) is 9.59 Å². The second kappa shape index (κ2) is 17.6. The van der Waals surface area contributed by atoms with Gasteiger partial charge >= 0.3 is 11.9 Å². The van der Waals surface area contributed by atoms with Crippen molar-refractivity contribution in [2.45, 2.75) is 137 Å². The number of carbonyl (C=O) groups is 2. The van der Waals surface area contributed by atoms with Gasteiger partial charge in [-0.25, -0.2) is 0 Å². The minimum atomic E-state index is -0.727. The normalized spacial score (nSPS) is 15.5. The topological polar surface area (TPSA) is 74.6 Å². The Morgan fingerprint density at radius 1 is 0.700 bits per heavy atom. The SMILES string of the molecule is CCCCC(CC)CC(CCCCCCCC(=O)O)(CC(CC)CCCC)C(=O)O. The molecule has 2 atom stereocenters. The van der Waals surface area contributed by atoms with Crippen molar-refractivity contribution in [2.75, 3.05) is 0 Å². The van der Waals surface area contributed by atoms with E-state index in [9.17, 15) is 14.7 Å². The first-order valence-corrected chi connectivity index (χ1v) is 12.8. The summed E-state index contributed by atoms with van der Waals surface area (Å²) >= 11 is 0. The van der Waals surface area contributed by atoms with Gasteiger partial charge in [0.25, 0.3) is 0 Å². The van der Waals surface area contributed by atoms with E-state index in [2.05, 4.69) is 27.7 Å². The Bertz CT molecular complexity index is 428. The number of rotatable bonds is 21. The van der Waals surface area contributed by atoms with Crippen LogP contribution in [0.4, 0.5) is 0 Å². The molecule has 0 aromatic carbocycles. The van der Waals surface area contributed by atoms with E-state index in [-0.39, 0.29) is 6.42 Å². The van der Waals surface area contributed by atoms with Crippen LogP contribution in [0.15, 0.2) is 0 Å². The summed E-state index contributed by atoms with van der Waals surface area (Å²) in [6, 6.07) is 0. The third-order valence-electron chi connectivity index (χ3n) is 6.95. The highest BCUT2D eigenvalue weighted by atomic mass is 16.4. The van der Waals surface area contributed by atoms with Crippen LogP contribution in [0.2, 0.25) is 0 Å². The van der Waals surface area contributed by atoms with E-state index in [4.69, 9.17) is 5.11 Å². The maximum atomic E-state index is 12.6. The molecule has 0 heterocycles. The lowest BCUT2D eigenvalue weighted by Crippen LogP contribution is -2.36. The van der Waals surface area contributed by atoms with Crippen LogP contribution in [0.1, 0.15) is 137 Å².